The maximum atomic E-state index is 12.1. The highest BCUT2D eigenvalue weighted by Gasteiger charge is 2.34. The highest BCUT2D eigenvalue weighted by Crippen LogP contribution is 2.27. The smallest absolute Gasteiger partial charge is 0.308 e. The second-order valence-corrected chi connectivity index (χ2v) is 5.50. The zero-order valence-corrected chi connectivity index (χ0v) is 11.1. The van der Waals surface area contributed by atoms with Crippen LogP contribution in [0.4, 0.5) is 0 Å². The largest absolute Gasteiger partial charge is 0.481 e. The standard InChI is InChI=1S/C13H17NO3S/c1-2-8-6-7-18-11(8)12(15)14-10-5-3-4-9(10)13(16)17/h6-7,9-10H,2-5H2,1H3,(H,14,15)(H,16,17)/t9-,10+/m0/s1. The van der Waals surface area contributed by atoms with Crippen molar-refractivity contribution < 1.29 is 14.7 Å². The molecule has 0 spiro atoms. The van der Waals surface area contributed by atoms with Crippen LogP contribution in [0.2, 0.25) is 0 Å². The molecule has 18 heavy (non-hydrogen) atoms. The number of nitrogens with one attached hydrogen (secondary N) is 1. The zero-order valence-electron chi connectivity index (χ0n) is 10.3. The van der Waals surface area contributed by atoms with Crippen LogP contribution in [-0.2, 0) is 11.2 Å². The number of hydrogen-bond donors (Lipinski definition) is 2. The lowest BCUT2D eigenvalue weighted by molar-refractivity contribution is -0.142. The van der Waals surface area contributed by atoms with Crippen LogP contribution in [0.5, 0.6) is 0 Å². The van der Waals surface area contributed by atoms with Gasteiger partial charge in [0, 0.05) is 6.04 Å². The summed E-state index contributed by atoms with van der Waals surface area (Å²) in [4.78, 5) is 23.9. The summed E-state index contributed by atoms with van der Waals surface area (Å²) in [5, 5.41) is 13.9. The summed E-state index contributed by atoms with van der Waals surface area (Å²) in [6.45, 7) is 2.01. The number of rotatable bonds is 4. The summed E-state index contributed by atoms with van der Waals surface area (Å²) in [6, 6.07) is 1.73. The van der Waals surface area contributed by atoms with Gasteiger partial charge in [0.15, 0.2) is 0 Å². The molecule has 0 radical (unpaired) electrons. The van der Waals surface area contributed by atoms with Crippen molar-refractivity contribution in [1.29, 1.82) is 0 Å². The summed E-state index contributed by atoms with van der Waals surface area (Å²) in [6.07, 6.45) is 3.10. The topological polar surface area (TPSA) is 66.4 Å². The number of carbonyl (C=O) groups is 2. The summed E-state index contributed by atoms with van der Waals surface area (Å²) >= 11 is 1.42. The first-order valence-electron chi connectivity index (χ1n) is 6.23. The maximum absolute atomic E-state index is 12.1. The van der Waals surface area contributed by atoms with E-state index in [-0.39, 0.29) is 11.9 Å². The first kappa shape index (κ1) is 13.1. The van der Waals surface area contributed by atoms with Gasteiger partial charge in [0.1, 0.15) is 0 Å². The van der Waals surface area contributed by atoms with Crippen LogP contribution < -0.4 is 5.32 Å². The minimum Gasteiger partial charge on any atom is -0.481 e. The summed E-state index contributed by atoms with van der Waals surface area (Å²) in [5.74, 6) is -1.36. The molecule has 4 nitrogen and oxygen atoms in total. The number of carbonyl (C=O) groups excluding carboxylic acids is 1. The molecule has 98 valence electrons. The molecule has 1 amide bonds. The fourth-order valence-corrected chi connectivity index (χ4v) is 3.37. The van der Waals surface area contributed by atoms with Crippen LogP contribution >= 0.6 is 11.3 Å². The van der Waals surface area contributed by atoms with Gasteiger partial charge in [-0.3, -0.25) is 9.59 Å². The third-order valence-corrected chi connectivity index (χ3v) is 4.44. The SMILES string of the molecule is CCc1ccsc1C(=O)N[C@@H]1CCC[C@@H]1C(=O)O. The molecule has 0 unspecified atom stereocenters. The Morgan fingerprint density at radius 3 is 2.94 bits per heavy atom. The Balaban J connectivity index is 2.05. The summed E-state index contributed by atoms with van der Waals surface area (Å²) in [7, 11) is 0. The highest BCUT2D eigenvalue weighted by molar-refractivity contribution is 7.12. The van der Waals surface area contributed by atoms with Gasteiger partial charge in [0.25, 0.3) is 5.91 Å². The molecule has 1 aromatic heterocycles. The molecule has 2 N–H and O–H groups in total. The monoisotopic (exact) mass is 267 g/mol. The van der Waals surface area contributed by atoms with Gasteiger partial charge in [-0.25, -0.2) is 0 Å². The number of aryl methyl sites for hydroxylation is 1. The normalized spacial score (nSPS) is 22.9. The van der Waals surface area contributed by atoms with Crippen LogP contribution in [0, 0.1) is 5.92 Å². The molecule has 1 fully saturated rings. The van der Waals surface area contributed by atoms with E-state index in [1.54, 1.807) is 0 Å². The van der Waals surface area contributed by atoms with Gasteiger partial charge in [-0.15, -0.1) is 11.3 Å². The molecule has 0 bridgehead atoms. The number of amides is 1. The van der Waals surface area contributed by atoms with E-state index in [0.717, 1.165) is 24.8 Å². The molecule has 0 aromatic carbocycles. The Kier molecular flexibility index (Phi) is 4.01. The van der Waals surface area contributed by atoms with Crippen LogP contribution in [0.3, 0.4) is 0 Å². The predicted molar refractivity (Wildman–Crippen MR) is 69.9 cm³/mol. The van der Waals surface area contributed by atoms with E-state index >= 15 is 0 Å². The van der Waals surface area contributed by atoms with Gasteiger partial charge < -0.3 is 10.4 Å². The Morgan fingerprint density at radius 2 is 2.28 bits per heavy atom. The van der Waals surface area contributed by atoms with Crippen LogP contribution in [0.1, 0.15) is 41.4 Å². The summed E-state index contributed by atoms with van der Waals surface area (Å²) < 4.78 is 0. The maximum Gasteiger partial charge on any atom is 0.308 e. The molecule has 0 saturated heterocycles. The van der Waals surface area contributed by atoms with Crippen molar-refractivity contribution in [2.45, 2.75) is 38.6 Å². The molecule has 2 atom stereocenters. The number of carboxylic acids is 1. The van der Waals surface area contributed by atoms with E-state index in [1.807, 2.05) is 18.4 Å². The lowest BCUT2D eigenvalue weighted by Crippen LogP contribution is -2.40. The van der Waals surface area contributed by atoms with E-state index in [4.69, 9.17) is 5.11 Å². The molecule has 1 aliphatic rings. The minimum atomic E-state index is -0.806. The third-order valence-electron chi connectivity index (χ3n) is 3.48. The van der Waals surface area contributed by atoms with E-state index in [2.05, 4.69) is 5.32 Å². The van der Waals surface area contributed by atoms with E-state index in [1.165, 1.54) is 11.3 Å². The van der Waals surface area contributed by atoms with Gasteiger partial charge in [-0.1, -0.05) is 13.3 Å². The van der Waals surface area contributed by atoms with Gasteiger partial charge in [0.2, 0.25) is 0 Å². The van der Waals surface area contributed by atoms with Gasteiger partial charge >= 0.3 is 5.97 Å². The molecule has 1 heterocycles. The van der Waals surface area contributed by atoms with Crippen LogP contribution in [-0.4, -0.2) is 23.0 Å². The molecule has 1 aromatic rings. The number of aliphatic carboxylic acids is 1. The van der Waals surface area contributed by atoms with Gasteiger partial charge in [-0.05, 0) is 36.3 Å². The van der Waals surface area contributed by atoms with Gasteiger partial charge in [-0.2, -0.15) is 0 Å². The first-order chi connectivity index (χ1) is 8.63. The second-order valence-electron chi connectivity index (χ2n) is 4.58. The average molecular weight is 267 g/mol. The Morgan fingerprint density at radius 1 is 1.50 bits per heavy atom. The minimum absolute atomic E-state index is 0.125. The van der Waals surface area contributed by atoms with Crippen molar-refractivity contribution in [2.24, 2.45) is 5.92 Å². The number of hydrogen-bond acceptors (Lipinski definition) is 3. The third kappa shape index (κ3) is 2.56. The fraction of sp³-hybridized carbons (Fsp3) is 0.538. The van der Waals surface area contributed by atoms with Crippen molar-refractivity contribution in [1.82, 2.24) is 5.32 Å². The lowest BCUT2D eigenvalue weighted by atomic mass is 10.0. The Bertz CT molecular complexity index is 455. The number of thiophene rings is 1. The average Bonchev–Trinajstić information content (AvgIpc) is 2.96. The molecule has 0 aliphatic heterocycles. The summed E-state index contributed by atoms with van der Waals surface area (Å²) in [5.41, 5.74) is 1.03. The van der Waals surface area contributed by atoms with Gasteiger partial charge in [0.05, 0.1) is 10.8 Å². The quantitative estimate of drug-likeness (QED) is 0.879. The molecule has 2 rings (SSSR count). The molecule has 5 heteroatoms. The molecular formula is C13H17NO3S. The highest BCUT2D eigenvalue weighted by atomic mass is 32.1. The van der Waals surface area contributed by atoms with E-state index in [9.17, 15) is 9.59 Å². The second kappa shape index (κ2) is 5.52. The molecular weight excluding hydrogens is 250 g/mol. The fourth-order valence-electron chi connectivity index (χ4n) is 2.48. The van der Waals surface area contributed by atoms with Crippen molar-refractivity contribution >= 4 is 23.2 Å². The van der Waals surface area contributed by atoms with E-state index < -0.39 is 11.9 Å². The van der Waals surface area contributed by atoms with Crippen molar-refractivity contribution in [2.75, 3.05) is 0 Å². The van der Waals surface area contributed by atoms with Crippen molar-refractivity contribution in [3.05, 3.63) is 21.9 Å². The Labute approximate surface area is 110 Å². The van der Waals surface area contributed by atoms with Crippen molar-refractivity contribution in [3.63, 3.8) is 0 Å². The van der Waals surface area contributed by atoms with Crippen LogP contribution in [0.15, 0.2) is 11.4 Å². The Hall–Kier alpha value is -1.36. The first-order valence-corrected chi connectivity index (χ1v) is 7.11. The molecule has 1 aliphatic carbocycles. The molecule has 1 saturated carbocycles. The lowest BCUT2D eigenvalue weighted by Gasteiger charge is -2.17. The number of carboxylic acid groups (broad SMARTS) is 1. The zero-order chi connectivity index (χ0) is 13.1. The van der Waals surface area contributed by atoms with Crippen molar-refractivity contribution in [3.8, 4) is 0 Å². The van der Waals surface area contributed by atoms with E-state index in [0.29, 0.717) is 11.3 Å². The van der Waals surface area contributed by atoms with Crippen LogP contribution in [0.25, 0.3) is 0 Å². The predicted octanol–water partition coefficient (Wildman–Crippen LogP) is 2.29.